The third-order valence-corrected chi connectivity index (χ3v) is 2.36. The van der Waals surface area contributed by atoms with Gasteiger partial charge >= 0.3 is 0 Å². The molecule has 1 aliphatic carbocycles. The molecule has 11 heavy (non-hydrogen) atoms. The molecule has 0 spiro atoms. The molecule has 1 aliphatic heterocycles. The van der Waals surface area contributed by atoms with Crippen LogP contribution in [-0.4, -0.2) is 30.7 Å². The molecule has 0 unspecified atom stereocenters. The van der Waals surface area contributed by atoms with E-state index >= 15 is 0 Å². The van der Waals surface area contributed by atoms with Crippen LogP contribution in [0.1, 0.15) is 0 Å². The van der Waals surface area contributed by atoms with E-state index in [2.05, 4.69) is 0 Å². The highest BCUT2D eigenvalue weighted by atomic mass is 16.5. The van der Waals surface area contributed by atoms with E-state index in [9.17, 15) is 4.79 Å². The Labute approximate surface area is 64.7 Å². The minimum absolute atomic E-state index is 0.0112. The van der Waals surface area contributed by atoms with Crippen LogP contribution in [-0.2, 0) is 9.53 Å². The molecule has 0 amide bonds. The number of aliphatic hydroxyl groups excluding tert-OH is 1. The maximum atomic E-state index is 11.3. The van der Waals surface area contributed by atoms with Gasteiger partial charge in [0.05, 0.1) is 25.7 Å². The Balaban J connectivity index is 2.22. The Morgan fingerprint density at radius 2 is 2.45 bits per heavy atom. The second-order valence-electron chi connectivity index (χ2n) is 3.02. The highest BCUT2D eigenvalue weighted by molar-refractivity contribution is 6.00. The standard InChI is InChI=1S/C8H10O3/c9-2-5-1-6-3-11-4-7(6)8(5)10/h1,6-7,9H,2-4H2/t6-,7+/m1/s1. The van der Waals surface area contributed by atoms with Crippen molar-refractivity contribution in [1.82, 2.24) is 0 Å². The molecular weight excluding hydrogens is 144 g/mol. The van der Waals surface area contributed by atoms with E-state index in [1.807, 2.05) is 6.08 Å². The third-order valence-electron chi connectivity index (χ3n) is 2.36. The van der Waals surface area contributed by atoms with Crippen LogP contribution in [0.5, 0.6) is 0 Å². The third kappa shape index (κ3) is 0.921. The van der Waals surface area contributed by atoms with Crippen molar-refractivity contribution in [3.63, 3.8) is 0 Å². The number of ether oxygens (including phenoxy) is 1. The van der Waals surface area contributed by atoms with Crippen molar-refractivity contribution in [2.45, 2.75) is 0 Å². The summed E-state index contributed by atoms with van der Waals surface area (Å²) in [6.07, 6.45) is 1.85. The fourth-order valence-corrected chi connectivity index (χ4v) is 1.71. The van der Waals surface area contributed by atoms with Gasteiger partial charge in [0.25, 0.3) is 0 Å². The Hall–Kier alpha value is -0.670. The number of rotatable bonds is 1. The molecule has 1 heterocycles. The topological polar surface area (TPSA) is 46.5 Å². The summed E-state index contributed by atoms with van der Waals surface area (Å²) in [4.78, 5) is 11.3. The van der Waals surface area contributed by atoms with Crippen molar-refractivity contribution in [2.75, 3.05) is 19.8 Å². The Bertz CT molecular complexity index is 219. The number of carbonyl (C=O) groups excluding carboxylic acids is 1. The molecule has 0 aromatic heterocycles. The van der Waals surface area contributed by atoms with E-state index in [-0.39, 0.29) is 24.2 Å². The van der Waals surface area contributed by atoms with Crippen molar-refractivity contribution in [2.24, 2.45) is 11.8 Å². The van der Waals surface area contributed by atoms with Gasteiger partial charge in [0, 0.05) is 11.5 Å². The molecule has 3 nitrogen and oxygen atoms in total. The summed E-state index contributed by atoms with van der Waals surface area (Å²) in [6, 6.07) is 0. The van der Waals surface area contributed by atoms with Gasteiger partial charge in [-0.25, -0.2) is 0 Å². The summed E-state index contributed by atoms with van der Waals surface area (Å²) in [5, 5.41) is 8.76. The van der Waals surface area contributed by atoms with Crippen LogP contribution in [0.15, 0.2) is 11.6 Å². The lowest BCUT2D eigenvalue weighted by Crippen LogP contribution is -2.16. The Morgan fingerprint density at radius 3 is 3.09 bits per heavy atom. The molecule has 0 aromatic carbocycles. The SMILES string of the molecule is O=C1C(CO)=C[C@@H]2COC[C@H]12. The van der Waals surface area contributed by atoms with Gasteiger partial charge in [-0.05, 0) is 0 Å². The highest BCUT2D eigenvalue weighted by Crippen LogP contribution is 2.32. The van der Waals surface area contributed by atoms with Gasteiger partial charge in [-0.2, -0.15) is 0 Å². The summed E-state index contributed by atoms with van der Waals surface area (Å²) in [7, 11) is 0. The summed E-state index contributed by atoms with van der Waals surface area (Å²) in [5.74, 6) is 0.330. The first-order valence-corrected chi connectivity index (χ1v) is 3.76. The molecular formula is C8H10O3. The van der Waals surface area contributed by atoms with Gasteiger partial charge in [-0.15, -0.1) is 0 Å². The monoisotopic (exact) mass is 154 g/mol. The first-order chi connectivity index (χ1) is 5.33. The number of carbonyl (C=O) groups is 1. The number of hydrogen-bond donors (Lipinski definition) is 1. The number of Topliss-reactive ketones (excluding diaryl/α,β-unsaturated/α-hetero) is 1. The van der Waals surface area contributed by atoms with E-state index in [4.69, 9.17) is 9.84 Å². The minimum Gasteiger partial charge on any atom is -0.392 e. The molecule has 1 fully saturated rings. The maximum Gasteiger partial charge on any atom is 0.166 e. The van der Waals surface area contributed by atoms with Gasteiger partial charge in [0.2, 0.25) is 0 Å². The molecule has 1 saturated heterocycles. The zero-order valence-electron chi connectivity index (χ0n) is 6.12. The van der Waals surface area contributed by atoms with Gasteiger partial charge in [0.15, 0.2) is 5.78 Å². The lowest BCUT2D eigenvalue weighted by Gasteiger charge is -2.01. The fourth-order valence-electron chi connectivity index (χ4n) is 1.71. The summed E-state index contributed by atoms with van der Waals surface area (Å²) < 4.78 is 5.13. The van der Waals surface area contributed by atoms with E-state index in [1.54, 1.807) is 0 Å². The van der Waals surface area contributed by atoms with Gasteiger partial charge in [-0.3, -0.25) is 4.79 Å². The predicted octanol–water partition coefficient (Wildman–Crippen LogP) is -0.250. The van der Waals surface area contributed by atoms with Gasteiger partial charge < -0.3 is 9.84 Å². The van der Waals surface area contributed by atoms with Crippen LogP contribution >= 0.6 is 0 Å². The molecule has 0 bridgehead atoms. The van der Waals surface area contributed by atoms with E-state index < -0.39 is 0 Å². The van der Waals surface area contributed by atoms with Crippen LogP contribution in [0.25, 0.3) is 0 Å². The van der Waals surface area contributed by atoms with Crippen LogP contribution < -0.4 is 0 Å². The van der Waals surface area contributed by atoms with Crippen molar-refractivity contribution >= 4 is 5.78 Å². The van der Waals surface area contributed by atoms with Crippen molar-refractivity contribution in [3.05, 3.63) is 11.6 Å². The van der Waals surface area contributed by atoms with E-state index in [1.165, 1.54) is 0 Å². The first-order valence-electron chi connectivity index (χ1n) is 3.76. The van der Waals surface area contributed by atoms with E-state index in [0.29, 0.717) is 18.8 Å². The second kappa shape index (κ2) is 2.43. The van der Waals surface area contributed by atoms with Crippen molar-refractivity contribution in [1.29, 1.82) is 0 Å². The fraction of sp³-hybridized carbons (Fsp3) is 0.625. The van der Waals surface area contributed by atoms with Gasteiger partial charge in [0.1, 0.15) is 0 Å². The second-order valence-corrected chi connectivity index (χ2v) is 3.02. The summed E-state index contributed by atoms with van der Waals surface area (Å²) >= 11 is 0. The molecule has 3 heteroatoms. The molecule has 1 N–H and O–H groups in total. The average Bonchev–Trinajstić information content (AvgIpc) is 2.53. The zero-order chi connectivity index (χ0) is 7.84. The molecule has 0 radical (unpaired) electrons. The van der Waals surface area contributed by atoms with Crippen LogP contribution in [0.2, 0.25) is 0 Å². The lowest BCUT2D eigenvalue weighted by molar-refractivity contribution is -0.119. The molecule has 0 saturated carbocycles. The summed E-state index contributed by atoms with van der Waals surface area (Å²) in [6.45, 7) is 1.05. The van der Waals surface area contributed by atoms with Crippen LogP contribution in [0.4, 0.5) is 0 Å². The smallest absolute Gasteiger partial charge is 0.166 e. The Morgan fingerprint density at radius 1 is 1.64 bits per heavy atom. The zero-order valence-corrected chi connectivity index (χ0v) is 6.12. The molecule has 2 atom stereocenters. The number of hydrogen-bond acceptors (Lipinski definition) is 3. The maximum absolute atomic E-state index is 11.3. The summed E-state index contributed by atoms with van der Waals surface area (Å²) in [5.41, 5.74) is 0.573. The van der Waals surface area contributed by atoms with Gasteiger partial charge in [-0.1, -0.05) is 6.08 Å². The average molecular weight is 154 g/mol. The number of aliphatic hydroxyl groups is 1. The normalized spacial score (nSPS) is 35.7. The highest BCUT2D eigenvalue weighted by Gasteiger charge is 2.39. The lowest BCUT2D eigenvalue weighted by atomic mass is 9.99. The van der Waals surface area contributed by atoms with Crippen molar-refractivity contribution in [3.8, 4) is 0 Å². The molecule has 2 aliphatic rings. The minimum atomic E-state index is -0.119. The van der Waals surface area contributed by atoms with Crippen LogP contribution in [0, 0.1) is 11.8 Å². The van der Waals surface area contributed by atoms with Crippen LogP contribution in [0.3, 0.4) is 0 Å². The molecule has 60 valence electrons. The molecule has 2 rings (SSSR count). The first kappa shape index (κ1) is 7.00. The molecule has 0 aromatic rings. The van der Waals surface area contributed by atoms with Crippen molar-refractivity contribution < 1.29 is 14.6 Å². The Kier molecular flexibility index (Phi) is 1.55. The number of ketones is 1. The predicted molar refractivity (Wildman–Crippen MR) is 38.0 cm³/mol. The quantitative estimate of drug-likeness (QED) is 0.566. The largest absolute Gasteiger partial charge is 0.392 e. The number of fused-ring (bicyclic) bond motifs is 1. The van der Waals surface area contributed by atoms with E-state index in [0.717, 1.165) is 0 Å².